The molecule has 0 fully saturated rings. The molecule has 11 heteroatoms. The highest BCUT2D eigenvalue weighted by Gasteiger charge is 2.13. The molecule has 31 heavy (non-hydrogen) atoms. The molecule has 2 heterocycles. The summed E-state index contributed by atoms with van der Waals surface area (Å²) in [6.07, 6.45) is 0. The van der Waals surface area contributed by atoms with Crippen LogP contribution in [0.4, 0.5) is 5.69 Å². The van der Waals surface area contributed by atoms with Crippen LogP contribution in [0.15, 0.2) is 65.8 Å². The van der Waals surface area contributed by atoms with Crippen molar-refractivity contribution >= 4 is 40.6 Å². The number of fused-ring (bicyclic) bond motifs is 1. The summed E-state index contributed by atoms with van der Waals surface area (Å²) in [4.78, 5) is 22.8. The van der Waals surface area contributed by atoms with Gasteiger partial charge in [0.2, 0.25) is 11.1 Å². The van der Waals surface area contributed by atoms with Gasteiger partial charge in [0.15, 0.2) is 5.65 Å². The highest BCUT2D eigenvalue weighted by atomic mass is 35.5. The number of carbonyl (C=O) groups excluding carboxylic acids is 1. The smallest absolute Gasteiger partial charge is 0.270 e. The Morgan fingerprint density at radius 1 is 1.13 bits per heavy atom. The van der Waals surface area contributed by atoms with Crippen molar-refractivity contribution in [2.75, 3.05) is 5.75 Å². The monoisotopic (exact) mass is 454 g/mol. The third kappa shape index (κ3) is 4.98. The van der Waals surface area contributed by atoms with Crippen molar-refractivity contribution in [2.45, 2.75) is 11.7 Å². The van der Waals surface area contributed by atoms with E-state index in [0.29, 0.717) is 33.6 Å². The number of amides is 1. The summed E-state index contributed by atoms with van der Waals surface area (Å²) in [6, 6.07) is 16.9. The van der Waals surface area contributed by atoms with E-state index in [9.17, 15) is 14.9 Å². The lowest BCUT2D eigenvalue weighted by atomic mass is 10.1. The Morgan fingerprint density at radius 3 is 2.71 bits per heavy atom. The van der Waals surface area contributed by atoms with E-state index in [-0.39, 0.29) is 17.3 Å². The normalized spacial score (nSPS) is 10.9. The van der Waals surface area contributed by atoms with Crippen LogP contribution in [0.1, 0.15) is 5.56 Å². The van der Waals surface area contributed by atoms with Gasteiger partial charge >= 0.3 is 0 Å². The van der Waals surface area contributed by atoms with Crippen LogP contribution in [0.3, 0.4) is 0 Å². The van der Waals surface area contributed by atoms with Crippen LogP contribution in [-0.4, -0.2) is 36.4 Å². The average Bonchev–Trinajstić information content (AvgIpc) is 3.19. The van der Waals surface area contributed by atoms with Crippen LogP contribution in [0.5, 0.6) is 0 Å². The first kappa shape index (κ1) is 20.8. The molecule has 0 unspecified atom stereocenters. The number of halogens is 1. The number of carbonyl (C=O) groups is 1. The van der Waals surface area contributed by atoms with E-state index in [4.69, 9.17) is 11.6 Å². The first-order chi connectivity index (χ1) is 15.0. The summed E-state index contributed by atoms with van der Waals surface area (Å²) >= 11 is 7.06. The van der Waals surface area contributed by atoms with E-state index in [0.717, 1.165) is 5.56 Å². The molecule has 0 spiro atoms. The molecule has 2 aromatic carbocycles. The second-order valence-corrected chi connectivity index (χ2v) is 7.85. The van der Waals surface area contributed by atoms with Gasteiger partial charge in [-0.15, -0.1) is 10.2 Å². The summed E-state index contributed by atoms with van der Waals surface area (Å²) in [6.45, 7) is 0.395. The highest BCUT2D eigenvalue weighted by molar-refractivity contribution is 7.99. The van der Waals surface area contributed by atoms with Gasteiger partial charge in [-0.25, -0.2) is 0 Å². The van der Waals surface area contributed by atoms with Crippen molar-refractivity contribution < 1.29 is 9.72 Å². The molecule has 0 aliphatic carbocycles. The molecule has 0 saturated heterocycles. The van der Waals surface area contributed by atoms with Gasteiger partial charge < -0.3 is 5.32 Å². The maximum absolute atomic E-state index is 12.2. The van der Waals surface area contributed by atoms with Crippen LogP contribution in [0.25, 0.3) is 16.9 Å². The number of nitrogens with zero attached hydrogens (tertiary/aromatic N) is 5. The molecule has 0 atom stereocenters. The number of aromatic nitrogens is 4. The Morgan fingerprint density at radius 2 is 1.94 bits per heavy atom. The average molecular weight is 455 g/mol. The summed E-state index contributed by atoms with van der Waals surface area (Å²) in [5, 5.41) is 27.6. The van der Waals surface area contributed by atoms with Gasteiger partial charge in [0.05, 0.1) is 16.4 Å². The largest absolute Gasteiger partial charge is 0.351 e. The Labute approximate surface area is 185 Å². The third-order valence-corrected chi connectivity index (χ3v) is 5.49. The number of rotatable bonds is 7. The van der Waals surface area contributed by atoms with Crippen LogP contribution in [0, 0.1) is 10.1 Å². The van der Waals surface area contributed by atoms with Crippen LogP contribution in [-0.2, 0) is 11.3 Å². The quantitative estimate of drug-likeness (QED) is 0.257. The minimum Gasteiger partial charge on any atom is -0.351 e. The Kier molecular flexibility index (Phi) is 6.10. The Bertz CT molecular complexity index is 1260. The third-order valence-electron chi connectivity index (χ3n) is 4.32. The molecular weight excluding hydrogens is 440 g/mol. The summed E-state index contributed by atoms with van der Waals surface area (Å²) in [5.41, 5.74) is 2.57. The van der Waals surface area contributed by atoms with Gasteiger partial charge in [-0.1, -0.05) is 47.6 Å². The fourth-order valence-corrected chi connectivity index (χ4v) is 3.62. The van der Waals surface area contributed by atoms with E-state index >= 15 is 0 Å². The zero-order valence-electron chi connectivity index (χ0n) is 15.9. The second kappa shape index (κ2) is 9.11. The number of benzene rings is 2. The molecule has 9 nitrogen and oxygen atoms in total. The molecule has 156 valence electrons. The van der Waals surface area contributed by atoms with Crippen LogP contribution >= 0.6 is 23.4 Å². The van der Waals surface area contributed by atoms with Crippen molar-refractivity contribution in [3.63, 3.8) is 0 Å². The molecule has 0 aliphatic rings. The lowest BCUT2D eigenvalue weighted by Crippen LogP contribution is -2.24. The number of nitro groups is 1. The number of hydrogen-bond acceptors (Lipinski definition) is 7. The molecule has 2 aromatic heterocycles. The standard InChI is InChI=1S/C20H15ClN6O3S/c21-15-6-4-13(5-7-15)11-22-19(28)12-31-20-24-23-18-9-8-17(25-26(18)20)14-2-1-3-16(10-14)27(29)30/h1-10H,11-12H2,(H,22,28). The lowest BCUT2D eigenvalue weighted by molar-refractivity contribution is -0.384. The number of thioether (sulfide) groups is 1. The maximum atomic E-state index is 12.2. The summed E-state index contributed by atoms with van der Waals surface area (Å²) in [5.74, 6) is -0.0246. The fraction of sp³-hybridized carbons (Fsp3) is 0.100. The molecular formula is C20H15ClN6O3S. The minimum atomic E-state index is -0.454. The van der Waals surface area contributed by atoms with Crippen LogP contribution < -0.4 is 5.32 Å². The molecule has 4 aromatic rings. The van der Waals surface area contributed by atoms with Crippen molar-refractivity contribution in [2.24, 2.45) is 0 Å². The molecule has 1 N–H and O–H groups in total. The first-order valence-corrected chi connectivity index (χ1v) is 10.5. The molecule has 0 saturated carbocycles. The number of non-ortho nitro benzene ring substituents is 1. The van der Waals surface area contributed by atoms with E-state index in [1.165, 1.54) is 28.4 Å². The van der Waals surface area contributed by atoms with Crippen molar-refractivity contribution in [3.05, 3.63) is 81.4 Å². The Hall–Kier alpha value is -3.50. The molecule has 0 bridgehead atoms. The fourth-order valence-electron chi connectivity index (χ4n) is 2.78. The van der Waals surface area contributed by atoms with Gasteiger partial charge in [-0.2, -0.15) is 9.61 Å². The van der Waals surface area contributed by atoms with Crippen molar-refractivity contribution in [3.8, 4) is 11.3 Å². The second-order valence-electron chi connectivity index (χ2n) is 6.47. The predicted octanol–water partition coefficient (Wildman–Crippen LogP) is 3.76. The number of nitro benzene ring substituents is 1. The summed E-state index contributed by atoms with van der Waals surface area (Å²) in [7, 11) is 0. The van der Waals surface area contributed by atoms with E-state index in [2.05, 4.69) is 20.6 Å². The summed E-state index contributed by atoms with van der Waals surface area (Å²) < 4.78 is 1.52. The van der Waals surface area contributed by atoms with Crippen LogP contribution in [0.2, 0.25) is 5.02 Å². The molecule has 4 rings (SSSR count). The topological polar surface area (TPSA) is 115 Å². The van der Waals surface area contributed by atoms with E-state index in [1.807, 2.05) is 12.1 Å². The molecule has 1 amide bonds. The maximum Gasteiger partial charge on any atom is 0.270 e. The number of nitrogens with one attached hydrogen (secondary N) is 1. The van der Waals surface area contributed by atoms with Crippen molar-refractivity contribution in [1.29, 1.82) is 0 Å². The van der Waals surface area contributed by atoms with Gasteiger partial charge in [0, 0.05) is 29.3 Å². The first-order valence-electron chi connectivity index (χ1n) is 9.11. The Balaban J connectivity index is 1.45. The SMILES string of the molecule is O=C(CSc1nnc2ccc(-c3cccc([N+](=O)[O-])c3)nn12)NCc1ccc(Cl)cc1. The van der Waals surface area contributed by atoms with E-state index in [1.54, 1.807) is 36.4 Å². The van der Waals surface area contributed by atoms with Crippen molar-refractivity contribution in [1.82, 2.24) is 25.1 Å². The number of hydrogen-bond donors (Lipinski definition) is 1. The van der Waals surface area contributed by atoms with Gasteiger partial charge in [-0.3, -0.25) is 14.9 Å². The molecule has 0 radical (unpaired) electrons. The van der Waals surface area contributed by atoms with E-state index < -0.39 is 4.92 Å². The highest BCUT2D eigenvalue weighted by Crippen LogP contribution is 2.24. The van der Waals surface area contributed by atoms with Gasteiger partial charge in [0.1, 0.15) is 0 Å². The minimum absolute atomic E-state index is 0.0184. The molecule has 0 aliphatic heterocycles. The lowest BCUT2D eigenvalue weighted by Gasteiger charge is -2.05. The zero-order valence-corrected chi connectivity index (χ0v) is 17.5. The zero-order chi connectivity index (χ0) is 21.8. The van der Waals surface area contributed by atoms with Gasteiger partial charge in [0.25, 0.3) is 5.69 Å². The predicted molar refractivity (Wildman–Crippen MR) is 117 cm³/mol. The van der Waals surface area contributed by atoms with Gasteiger partial charge in [-0.05, 0) is 29.8 Å².